The highest BCUT2D eigenvalue weighted by Gasteiger charge is 2.34. The first-order chi connectivity index (χ1) is 6.58. The van der Waals surface area contributed by atoms with Crippen LogP contribution in [0.2, 0.25) is 0 Å². The first-order valence-corrected chi connectivity index (χ1v) is 5.99. The second-order valence-electron chi connectivity index (χ2n) is 4.55. The van der Waals surface area contributed by atoms with Gasteiger partial charge in [-0.05, 0) is 25.7 Å². The third kappa shape index (κ3) is 2.88. The van der Waals surface area contributed by atoms with E-state index in [1.165, 1.54) is 19.3 Å². The first-order valence-electron chi connectivity index (χ1n) is 5.45. The SMILES string of the molecule is CC1CCCCC1(C)NC(=O)CCCl. The molecule has 1 aliphatic rings. The van der Waals surface area contributed by atoms with Crippen LogP contribution in [0.5, 0.6) is 0 Å². The summed E-state index contributed by atoms with van der Waals surface area (Å²) in [5.41, 5.74) is 0.00138. The van der Waals surface area contributed by atoms with E-state index in [9.17, 15) is 4.79 Å². The van der Waals surface area contributed by atoms with Crippen LogP contribution in [-0.2, 0) is 4.79 Å². The number of carbonyl (C=O) groups excluding carboxylic acids is 1. The summed E-state index contributed by atoms with van der Waals surface area (Å²) in [7, 11) is 0. The minimum absolute atomic E-state index is 0.00138. The quantitative estimate of drug-likeness (QED) is 0.724. The van der Waals surface area contributed by atoms with Crippen molar-refractivity contribution >= 4 is 17.5 Å². The Bertz CT molecular complexity index is 207. The van der Waals surface area contributed by atoms with Gasteiger partial charge in [-0.1, -0.05) is 19.8 Å². The average Bonchev–Trinajstić information content (AvgIpc) is 2.10. The van der Waals surface area contributed by atoms with Crippen LogP contribution in [-0.4, -0.2) is 17.3 Å². The molecule has 1 amide bonds. The van der Waals surface area contributed by atoms with E-state index >= 15 is 0 Å². The molecule has 3 heteroatoms. The molecular formula is C11H20ClNO. The Kier molecular flexibility index (Phi) is 4.24. The van der Waals surface area contributed by atoms with E-state index in [1.54, 1.807) is 0 Å². The third-order valence-electron chi connectivity index (χ3n) is 3.42. The Morgan fingerprint density at radius 1 is 1.57 bits per heavy atom. The van der Waals surface area contributed by atoms with E-state index in [0.29, 0.717) is 18.2 Å². The van der Waals surface area contributed by atoms with Crippen LogP contribution in [0, 0.1) is 5.92 Å². The fraction of sp³-hybridized carbons (Fsp3) is 0.909. The summed E-state index contributed by atoms with van der Waals surface area (Å²) in [6.45, 7) is 4.38. The number of carbonyl (C=O) groups is 1. The lowest BCUT2D eigenvalue weighted by molar-refractivity contribution is -0.123. The molecule has 1 fully saturated rings. The maximum absolute atomic E-state index is 11.5. The van der Waals surface area contributed by atoms with Crippen molar-refractivity contribution in [3.63, 3.8) is 0 Å². The Morgan fingerprint density at radius 3 is 2.86 bits per heavy atom. The largest absolute Gasteiger partial charge is 0.351 e. The summed E-state index contributed by atoms with van der Waals surface area (Å²) >= 11 is 5.54. The van der Waals surface area contributed by atoms with Crippen molar-refractivity contribution in [2.24, 2.45) is 5.92 Å². The molecule has 0 aliphatic heterocycles. The highest BCUT2D eigenvalue weighted by molar-refractivity contribution is 6.18. The molecule has 1 aliphatic carbocycles. The molecule has 0 aromatic rings. The fourth-order valence-corrected chi connectivity index (χ4v) is 2.33. The topological polar surface area (TPSA) is 29.1 Å². The van der Waals surface area contributed by atoms with Crippen LogP contribution >= 0.6 is 11.6 Å². The van der Waals surface area contributed by atoms with Crippen LogP contribution < -0.4 is 5.32 Å². The van der Waals surface area contributed by atoms with Gasteiger partial charge in [0, 0.05) is 17.8 Å². The fourth-order valence-electron chi connectivity index (χ4n) is 2.16. The van der Waals surface area contributed by atoms with Gasteiger partial charge >= 0.3 is 0 Å². The highest BCUT2D eigenvalue weighted by Crippen LogP contribution is 2.33. The van der Waals surface area contributed by atoms with Gasteiger partial charge in [0.05, 0.1) is 0 Å². The van der Waals surface area contributed by atoms with Crippen molar-refractivity contribution in [2.75, 3.05) is 5.88 Å². The molecule has 0 saturated heterocycles. The smallest absolute Gasteiger partial charge is 0.221 e. The molecule has 2 atom stereocenters. The van der Waals surface area contributed by atoms with Gasteiger partial charge in [-0.2, -0.15) is 0 Å². The van der Waals surface area contributed by atoms with Gasteiger partial charge in [0.15, 0.2) is 0 Å². The van der Waals surface area contributed by atoms with Gasteiger partial charge in [0.2, 0.25) is 5.91 Å². The van der Waals surface area contributed by atoms with E-state index in [-0.39, 0.29) is 11.4 Å². The van der Waals surface area contributed by atoms with Crippen LogP contribution in [0.15, 0.2) is 0 Å². The number of nitrogens with one attached hydrogen (secondary N) is 1. The predicted octanol–water partition coefficient (Wildman–Crippen LogP) is 2.70. The number of hydrogen-bond acceptors (Lipinski definition) is 1. The Balaban J connectivity index is 2.50. The van der Waals surface area contributed by atoms with Crippen molar-refractivity contribution in [2.45, 2.75) is 51.5 Å². The van der Waals surface area contributed by atoms with Crippen LogP contribution in [0.1, 0.15) is 46.0 Å². The molecule has 2 unspecified atom stereocenters. The lowest BCUT2D eigenvalue weighted by atomic mass is 9.75. The van der Waals surface area contributed by atoms with E-state index < -0.39 is 0 Å². The standard InChI is InChI=1S/C11H20ClNO/c1-9-5-3-4-7-11(9,2)13-10(14)6-8-12/h9H,3-8H2,1-2H3,(H,13,14). The lowest BCUT2D eigenvalue weighted by Crippen LogP contribution is -2.52. The van der Waals surface area contributed by atoms with Gasteiger partial charge < -0.3 is 5.32 Å². The number of halogens is 1. The van der Waals surface area contributed by atoms with Crippen LogP contribution in [0.4, 0.5) is 0 Å². The third-order valence-corrected chi connectivity index (χ3v) is 3.61. The minimum atomic E-state index is 0.00138. The molecular weight excluding hydrogens is 198 g/mol. The molecule has 14 heavy (non-hydrogen) atoms. The van der Waals surface area contributed by atoms with E-state index in [4.69, 9.17) is 11.6 Å². The monoisotopic (exact) mass is 217 g/mol. The minimum Gasteiger partial charge on any atom is -0.351 e. The normalized spacial score (nSPS) is 32.6. The summed E-state index contributed by atoms with van der Waals surface area (Å²) in [6.07, 6.45) is 5.27. The maximum Gasteiger partial charge on any atom is 0.221 e. The van der Waals surface area contributed by atoms with Gasteiger partial charge in [-0.25, -0.2) is 0 Å². The number of alkyl halides is 1. The summed E-state index contributed by atoms with van der Waals surface area (Å²) < 4.78 is 0. The molecule has 0 heterocycles. The molecule has 82 valence electrons. The summed E-state index contributed by atoms with van der Waals surface area (Å²) in [6, 6.07) is 0. The van der Waals surface area contributed by atoms with Crippen LogP contribution in [0.25, 0.3) is 0 Å². The van der Waals surface area contributed by atoms with Gasteiger partial charge in [0.25, 0.3) is 0 Å². The molecule has 1 rings (SSSR count). The van der Waals surface area contributed by atoms with Crippen molar-refractivity contribution < 1.29 is 4.79 Å². The zero-order valence-electron chi connectivity index (χ0n) is 9.11. The molecule has 1 saturated carbocycles. The molecule has 0 spiro atoms. The summed E-state index contributed by atoms with van der Waals surface area (Å²) in [4.78, 5) is 11.5. The van der Waals surface area contributed by atoms with E-state index in [0.717, 1.165) is 6.42 Å². The summed E-state index contributed by atoms with van der Waals surface area (Å²) in [5.74, 6) is 1.09. The van der Waals surface area contributed by atoms with Crippen LogP contribution in [0.3, 0.4) is 0 Å². The molecule has 0 aromatic carbocycles. The Labute approximate surface area is 91.4 Å². The molecule has 0 radical (unpaired) electrons. The number of hydrogen-bond donors (Lipinski definition) is 1. The van der Waals surface area contributed by atoms with Gasteiger partial charge in [-0.15, -0.1) is 11.6 Å². The molecule has 2 nitrogen and oxygen atoms in total. The zero-order chi connectivity index (χ0) is 10.6. The second-order valence-corrected chi connectivity index (χ2v) is 4.93. The van der Waals surface area contributed by atoms with Crippen molar-refractivity contribution in [1.82, 2.24) is 5.32 Å². The Morgan fingerprint density at radius 2 is 2.29 bits per heavy atom. The maximum atomic E-state index is 11.5. The van der Waals surface area contributed by atoms with Crippen molar-refractivity contribution in [1.29, 1.82) is 0 Å². The lowest BCUT2D eigenvalue weighted by Gasteiger charge is -2.40. The number of amides is 1. The average molecular weight is 218 g/mol. The Hall–Kier alpha value is -0.240. The second kappa shape index (κ2) is 5.01. The first kappa shape index (κ1) is 11.8. The van der Waals surface area contributed by atoms with Crippen molar-refractivity contribution in [3.05, 3.63) is 0 Å². The van der Waals surface area contributed by atoms with Crippen molar-refractivity contribution in [3.8, 4) is 0 Å². The predicted molar refractivity (Wildman–Crippen MR) is 59.5 cm³/mol. The van der Waals surface area contributed by atoms with Gasteiger partial charge in [0.1, 0.15) is 0 Å². The van der Waals surface area contributed by atoms with E-state index in [1.807, 2.05) is 0 Å². The highest BCUT2D eigenvalue weighted by atomic mass is 35.5. The van der Waals surface area contributed by atoms with E-state index in [2.05, 4.69) is 19.2 Å². The molecule has 0 bridgehead atoms. The van der Waals surface area contributed by atoms with Gasteiger partial charge in [-0.3, -0.25) is 4.79 Å². The molecule has 1 N–H and O–H groups in total. The molecule has 0 aromatic heterocycles. The number of rotatable bonds is 3. The zero-order valence-corrected chi connectivity index (χ0v) is 9.86. The summed E-state index contributed by atoms with van der Waals surface area (Å²) in [5, 5.41) is 3.12.